The van der Waals surface area contributed by atoms with E-state index < -0.39 is 11.7 Å². The van der Waals surface area contributed by atoms with Gasteiger partial charge in [-0.05, 0) is 37.7 Å². The van der Waals surface area contributed by atoms with Gasteiger partial charge >= 0.3 is 6.18 Å². The number of carbonyl (C=O) groups is 1. The minimum atomic E-state index is -4.48. The van der Waals surface area contributed by atoms with Crippen LogP contribution in [-0.2, 0) is 11.0 Å². The normalized spacial score (nSPS) is 22.2. The summed E-state index contributed by atoms with van der Waals surface area (Å²) in [6.07, 6.45) is -0.620. The van der Waals surface area contributed by atoms with Gasteiger partial charge in [0.25, 0.3) is 0 Å². The number of amides is 1. The number of anilines is 1. The van der Waals surface area contributed by atoms with Gasteiger partial charge in [-0.2, -0.15) is 13.2 Å². The number of hydrogen-bond donors (Lipinski definition) is 1. The molecule has 1 amide bonds. The molecule has 5 nitrogen and oxygen atoms in total. The van der Waals surface area contributed by atoms with Gasteiger partial charge in [0.05, 0.1) is 10.6 Å². The van der Waals surface area contributed by atoms with Crippen LogP contribution in [0, 0.1) is 11.8 Å². The molecule has 2 fully saturated rings. The van der Waals surface area contributed by atoms with Crippen molar-refractivity contribution in [1.82, 2.24) is 9.88 Å². The van der Waals surface area contributed by atoms with Gasteiger partial charge in [0.15, 0.2) is 0 Å². The fraction of sp³-hybridized carbons (Fsp3) is 0.667. The molecule has 27 heavy (non-hydrogen) atoms. The van der Waals surface area contributed by atoms with E-state index in [0.29, 0.717) is 38.3 Å². The van der Waals surface area contributed by atoms with E-state index in [9.17, 15) is 23.1 Å². The Hall–Kier alpha value is -1.54. The molecule has 1 aromatic heterocycles. The van der Waals surface area contributed by atoms with Gasteiger partial charge in [0.1, 0.15) is 5.82 Å². The van der Waals surface area contributed by atoms with Gasteiger partial charge in [-0.1, -0.05) is 11.6 Å². The van der Waals surface area contributed by atoms with Crippen molar-refractivity contribution in [2.24, 2.45) is 11.8 Å². The fourth-order valence-electron chi connectivity index (χ4n) is 3.83. The van der Waals surface area contributed by atoms with Crippen LogP contribution in [0.4, 0.5) is 19.0 Å². The maximum atomic E-state index is 12.7. The quantitative estimate of drug-likeness (QED) is 0.839. The van der Waals surface area contributed by atoms with Crippen molar-refractivity contribution in [1.29, 1.82) is 0 Å². The Labute approximate surface area is 161 Å². The number of halogens is 4. The van der Waals surface area contributed by atoms with E-state index in [0.717, 1.165) is 31.6 Å². The molecule has 0 bridgehead atoms. The maximum absolute atomic E-state index is 12.7. The lowest BCUT2D eigenvalue weighted by molar-refractivity contribution is -0.139. The lowest BCUT2D eigenvalue weighted by Gasteiger charge is -2.38. The Bertz CT molecular complexity index is 678. The zero-order valence-corrected chi connectivity index (χ0v) is 15.6. The second-order valence-electron chi connectivity index (χ2n) is 7.26. The molecular formula is C18H23ClF3N3O2. The molecular weight excluding hydrogens is 383 g/mol. The molecule has 0 radical (unpaired) electrons. The molecule has 1 unspecified atom stereocenters. The van der Waals surface area contributed by atoms with Gasteiger partial charge in [0.2, 0.25) is 5.91 Å². The summed E-state index contributed by atoms with van der Waals surface area (Å²) in [5.74, 6) is 0.484. The molecule has 1 N–H and O–H groups in total. The van der Waals surface area contributed by atoms with Crippen molar-refractivity contribution in [3.05, 3.63) is 22.8 Å². The smallest absolute Gasteiger partial charge is 0.396 e. The summed E-state index contributed by atoms with van der Waals surface area (Å²) >= 11 is 6.02. The molecule has 0 spiro atoms. The van der Waals surface area contributed by atoms with Crippen molar-refractivity contribution in [2.45, 2.75) is 31.9 Å². The van der Waals surface area contributed by atoms with Gasteiger partial charge in [0, 0.05) is 44.9 Å². The topological polar surface area (TPSA) is 56.7 Å². The van der Waals surface area contributed by atoms with Crippen LogP contribution in [0.2, 0.25) is 5.02 Å². The molecule has 0 aromatic carbocycles. The molecule has 0 saturated carbocycles. The number of pyridine rings is 1. The molecule has 1 atom stereocenters. The van der Waals surface area contributed by atoms with Crippen LogP contribution in [0.3, 0.4) is 0 Å². The van der Waals surface area contributed by atoms with Crippen LogP contribution in [0.1, 0.15) is 31.2 Å². The predicted octanol–water partition coefficient (Wildman–Crippen LogP) is 3.20. The number of rotatable bonds is 3. The van der Waals surface area contributed by atoms with Crippen molar-refractivity contribution in [3.63, 3.8) is 0 Å². The third-order valence-corrected chi connectivity index (χ3v) is 5.66. The second kappa shape index (κ2) is 8.22. The second-order valence-corrected chi connectivity index (χ2v) is 7.67. The van der Waals surface area contributed by atoms with Gasteiger partial charge in [-0.15, -0.1) is 0 Å². The van der Waals surface area contributed by atoms with Crippen molar-refractivity contribution < 1.29 is 23.1 Å². The monoisotopic (exact) mass is 405 g/mol. The van der Waals surface area contributed by atoms with Crippen LogP contribution in [0.15, 0.2) is 12.3 Å². The average Bonchev–Trinajstić information content (AvgIpc) is 2.67. The van der Waals surface area contributed by atoms with Gasteiger partial charge in [-0.25, -0.2) is 4.98 Å². The molecule has 150 valence electrons. The van der Waals surface area contributed by atoms with E-state index in [2.05, 4.69) is 4.98 Å². The van der Waals surface area contributed by atoms with Crippen molar-refractivity contribution in [3.8, 4) is 0 Å². The van der Waals surface area contributed by atoms with E-state index in [1.54, 1.807) is 0 Å². The average molecular weight is 406 g/mol. The summed E-state index contributed by atoms with van der Waals surface area (Å²) in [6.45, 7) is 2.46. The first-order valence-corrected chi connectivity index (χ1v) is 9.54. The molecule has 9 heteroatoms. The molecule has 0 aliphatic carbocycles. The Morgan fingerprint density at radius 3 is 2.56 bits per heavy atom. The number of likely N-dealkylation sites (tertiary alicyclic amines) is 1. The number of piperidine rings is 2. The zero-order valence-electron chi connectivity index (χ0n) is 14.9. The van der Waals surface area contributed by atoms with Crippen LogP contribution < -0.4 is 4.90 Å². The van der Waals surface area contributed by atoms with E-state index in [1.165, 1.54) is 0 Å². The van der Waals surface area contributed by atoms with Crippen molar-refractivity contribution in [2.75, 3.05) is 37.7 Å². The number of hydrogen-bond acceptors (Lipinski definition) is 4. The Kier molecular flexibility index (Phi) is 6.15. The number of nitrogens with zero attached hydrogens (tertiary/aromatic N) is 3. The van der Waals surface area contributed by atoms with Crippen LogP contribution in [0.5, 0.6) is 0 Å². The number of aliphatic hydroxyl groups is 1. The van der Waals surface area contributed by atoms with E-state index in [4.69, 9.17) is 11.6 Å². The fourth-order valence-corrected chi connectivity index (χ4v) is 4.11. The Morgan fingerprint density at radius 1 is 1.26 bits per heavy atom. The molecule has 2 saturated heterocycles. The predicted molar refractivity (Wildman–Crippen MR) is 95.6 cm³/mol. The third kappa shape index (κ3) is 4.66. The summed E-state index contributed by atoms with van der Waals surface area (Å²) in [4.78, 5) is 20.3. The highest BCUT2D eigenvalue weighted by Crippen LogP contribution is 2.35. The van der Waals surface area contributed by atoms with Crippen LogP contribution in [0.25, 0.3) is 0 Å². The van der Waals surface area contributed by atoms with Gasteiger partial charge in [-0.3, -0.25) is 4.79 Å². The number of aromatic nitrogens is 1. The lowest BCUT2D eigenvalue weighted by atomic mass is 9.92. The summed E-state index contributed by atoms with van der Waals surface area (Å²) in [7, 11) is 0. The molecule has 2 aliphatic heterocycles. The Morgan fingerprint density at radius 2 is 1.96 bits per heavy atom. The number of aliphatic hydroxyl groups excluding tert-OH is 1. The molecule has 2 aliphatic rings. The van der Waals surface area contributed by atoms with Crippen molar-refractivity contribution >= 4 is 23.3 Å². The van der Waals surface area contributed by atoms with Gasteiger partial charge < -0.3 is 14.9 Å². The van der Waals surface area contributed by atoms with Crippen LogP contribution in [-0.4, -0.2) is 53.7 Å². The van der Waals surface area contributed by atoms with E-state index in [1.807, 2.05) is 9.80 Å². The first-order valence-electron chi connectivity index (χ1n) is 9.17. The molecule has 1 aromatic rings. The highest BCUT2D eigenvalue weighted by atomic mass is 35.5. The van der Waals surface area contributed by atoms with E-state index >= 15 is 0 Å². The SMILES string of the molecule is O=C(C1CCN(c2ncc(C(F)(F)F)cc2Cl)CC1)N1CCCC(CO)C1. The minimum Gasteiger partial charge on any atom is -0.396 e. The first kappa shape index (κ1) is 20.2. The van der Waals surface area contributed by atoms with Crippen LogP contribution >= 0.6 is 11.6 Å². The zero-order chi connectivity index (χ0) is 19.6. The van der Waals surface area contributed by atoms with E-state index in [-0.39, 0.29) is 29.4 Å². The highest BCUT2D eigenvalue weighted by Gasteiger charge is 2.34. The number of carbonyl (C=O) groups excluding carboxylic acids is 1. The summed E-state index contributed by atoms with van der Waals surface area (Å²) in [6, 6.07) is 0.893. The largest absolute Gasteiger partial charge is 0.417 e. The standard InChI is InChI=1S/C18H23ClF3N3O2/c19-15-8-14(18(20,21)22)9-23-16(15)24-6-3-13(4-7-24)17(27)25-5-1-2-12(10-25)11-26/h8-9,12-13,26H,1-7,10-11H2. The minimum absolute atomic E-state index is 0.0311. The third-order valence-electron chi connectivity index (χ3n) is 5.38. The maximum Gasteiger partial charge on any atom is 0.417 e. The summed E-state index contributed by atoms with van der Waals surface area (Å²) in [5, 5.41) is 9.29. The Balaban J connectivity index is 1.59. The molecule has 3 rings (SSSR count). The first-order chi connectivity index (χ1) is 12.8. The summed E-state index contributed by atoms with van der Waals surface area (Å²) < 4.78 is 38.2. The molecule has 3 heterocycles. The number of alkyl halides is 3. The highest BCUT2D eigenvalue weighted by molar-refractivity contribution is 6.33. The summed E-state index contributed by atoms with van der Waals surface area (Å²) in [5.41, 5.74) is -0.871. The lowest BCUT2D eigenvalue weighted by Crippen LogP contribution is -2.47.